The van der Waals surface area contributed by atoms with Gasteiger partial charge in [0.2, 0.25) is 5.91 Å². The molecule has 126 valence electrons. The summed E-state index contributed by atoms with van der Waals surface area (Å²) in [6.45, 7) is 0.562. The van der Waals surface area contributed by atoms with Gasteiger partial charge in [-0.2, -0.15) is 5.10 Å². The normalized spacial score (nSPS) is 11.7. The second kappa shape index (κ2) is 7.44. The molecule has 1 heterocycles. The zero-order valence-corrected chi connectivity index (χ0v) is 13.5. The smallest absolute Gasteiger partial charge is 0.255 e. The fraction of sp³-hybridized carbons (Fsp3) is 0.105. The molecule has 6 nitrogen and oxygen atoms in total. The van der Waals surface area contributed by atoms with Gasteiger partial charge in [-0.15, -0.1) is 0 Å². The molecule has 0 spiro atoms. The van der Waals surface area contributed by atoms with Crippen LogP contribution in [0.5, 0.6) is 0 Å². The summed E-state index contributed by atoms with van der Waals surface area (Å²) in [7, 11) is 0. The lowest BCUT2D eigenvalue weighted by atomic mass is 10.1. The molecule has 1 aromatic heterocycles. The summed E-state index contributed by atoms with van der Waals surface area (Å²) in [5.41, 5.74) is 7.52. The number of nitrogens with zero attached hydrogens (tertiary/aromatic N) is 2. The topological polar surface area (TPSA) is 90.0 Å². The van der Waals surface area contributed by atoms with Crippen LogP contribution in [0.1, 0.15) is 27.5 Å². The fourth-order valence-electron chi connectivity index (χ4n) is 2.52. The highest BCUT2D eigenvalue weighted by Gasteiger charge is 2.21. The van der Waals surface area contributed by atoms with E-state index in [1.54, 1.807) is 35.1 Å². The first-order chi connectivity index (χ1) is 12.1. The highest BCUT2D eigenvalue weighted by Crippen LogP contribution is 2.13. The molecule has 1 atom stereocenters. The zero-order valence-electron chi connectivity index (χ0n) is 13.5. The van der Waals surface area contributed by atoms with Crippen LogP contribution in [0.2, 0.25) is 0 Å². The quantitative estimate of drug-likeness (QED) is 0.721. The molecule has 25 heavy (non-hydrogen) atoms. The molecular formula is C19H18N4O2. The van der Waals surface area contributed by atoms with Crippen LogP contribution in [0.15, 0.2) is 73.1 Å². The van der Waals surface area contributed by atoms with Gasteiger partial charge in [0.05, 0.1) is 18.3 Å². The molecule has 0 saturated carbocycles. The Bertz CT molecular complexity index is 859. The van der Waals surface area contributed by atoms with Gasteiger partial charge in [0.25, 0.3) is 5.91 Å². The SMILES string of the molecule is NC(=O)C(NC(=O)c1cnn(Cc2ccccc2)c1)c1ccccc1. The summed E-state index contributed by atoms with van der Waals surface area (Å²) < 4.78 is 1.67. The minimum Gasteiger partial charge on any atom is -0.368 e. The van der Waals surface area contributed by atoms with E-state index in [9.17, 15) is 9.59 Å². The Morgan fingerprint density at radius 3 is 2.32 bits per heavy atom. The average Bonchev–Trinajstić information content (AvgIpc) is 3.09. The minimum absolute atomic E-state index is 0.373. The molecule has 1 unspecified atom stereocenters. The summed E-state index contributed by atoms with van der Waals surface area (Å²) >= 11 is 0. The second-order valence-corrected chi connectivity index (χ2v) is 5.63. The number of amides is 2. The maximum absolute atomic E-state index is 12.4. The Morgan fingerprint density at radius 1 is 1.04 bits per heavy atom. The molecule has 2 aromatic carbocycles. The molecule has 3 rings (SSSR count). The molecular weight excluding hydrogens is 316 g/mol. The van der Waals surface area contributed by atoms with Crippen molar-refractivity contribution in [2.24, 2.45) is 5.73 Å². The van der Waals surface area contributed by atoms with Crippen molar-refractivity contribution in [1.82, 2.24) is 15.1 Å². The second-order valence-electron chi connectivity index (χ2n) is 5.63. The number of hydrogen-bond acceptors (Lipinski definition) is 3. The standard InChI is InChI=1S/C19H18N4O2/c20-18(24)17(15-9-5-2-6-10-15)22-19(25)16-11-21-23(13-16)12-14-7-3-1-4-8-14/h1-11,13,17H,12H2,(H2,20,24)(H,22,25). The van der Waals surface area contributed by atoms with Gasteiger partial charge in [0.1, 0.15) is 6.04 Å². The van der Waals surface area contributed by atoms with Gasteiger partial charge in [-0.1, -0.05) is 60.7 Å². The van der Waals surface area contributed by atoms with Crippen molar-refractivity contribution in [3.63, 3.8) is 0 Å². The van der Waals surface area contributed by atoms with Gasteiger partial charge < -0.3 is 11.1 Å². The molecule has 0 radical (unpaired) electrons. The van der Waals surface area contributed by atoms with Crippen LogP contribution in [-0.2, 0) is 11.3 Å². The highest BCUT2D eigenvalue weighted by molar-refractivity contribution is 5.97. The molecule has 0 saturated heterocycles. The number of aromatic nitrogens is 2. The van der Waals surface area contributed by atoms with E-state index < -0.39 is 17.9 Å². The fourth-order valence-corrected chi connectivity index (χ4v) is 2.52. The van der Waals surface area contributed by atoms with Gasteiger partial charge in [-0.05, 0) is 11.1 Å². The van der Waals surface area contributed by atoms with E-state index in [2.05, 4.69) is 10.4 Å². The monoisotopic (exact) mass is 334 g/mol. The van der Waals surface area contributed by atoms with Gasteiger partial charge in [-0.3, -0.25) is 14.3 Å². The first-order valence-electron chi connectivity index (χ1n) is 7.85. The Hall–Kier alpha value is -3.41. The van der Waals surface area contributed by atoms with Crippen LogP contribution in [0, 0.1) is 0 Å². The minimum atomic E-state index is -0.883. The third-order valence-electron chi connectivity index (χ3n) is 3.78. The number of carbonyl (C=O) groups excluding carboxylic acids is 2. The number of carbonyl (C=O) groups is 2. The van der Waals surface area contributed by atoms with Crippen LogP contribution in [0.3, 0.4) is 0 Å². The molecule has 0 aliphatic carbocycles. The maximum atomic E-state index is 12.4. The zero-order chi connectivity index (χ0) is 17.6. The van der Waals surface area contributed by atoms with Crippen LogP contribution in [-0.4, -0.2) is 21.6 Å². The molecule has 0 fully saturated rings. The number of nitrogens with two attached hydrogens (primary N) is 1. The van der Waals surface area contributed by atoms with Crippen molar-refractivity contribution in [3.8, 4) is 0 Å². The third-order valence-corrected chi connectivity index (χ3v) is 3.78. The number of hydrogen-bond donors (Lipinski definition) is 2. The predicted octanol–water partition coefficient (Wildman–Crippen LogP) is 1.89. The Labute approximate surface area is 145 Å². The molecule has 6 heteroatoms. The average molecular weight is 334 g/mol. The lowest BCUT2D eigenvalue weighted by Crippen LogP contribution is -2.37. The molecule has 2 amide bonds. The third kappa shape index (κ3) is 4.11. The Morgan fingerprint density at radius 2 is 1.68 bits per heavy atom. The van der Waals surface area contributed by atoms with Crippen LogP contribution < -0.4 is 11.1 Å². The predicted molar refractivity (Wildman–Crippen MR) is 93.6 cm³/mol. The van der Waals surface area contributed by atoms with Crippen LogP contribution >= 0.6 is 0 Å². The lowest BCUT2D eigenvalue weighted by Gasteiger charge is -2.15. The van der Waals surface area contributed by atoms with E-state index in [4.69, 9.17) is 5.73 Å². The van der Waals surface area contributed by atoms with Crippen molar-refractivity contribution in [2.45, 2.75) is 12.6 Å². The van der Waals surface area contributed by atoms with Crippen molar-refractivity contribution >= 4 is 11.8 Å². The summed E-state index contributed by atoms with van der Waals surface area (Å²) in [6.07, 6.45) is 3.12. The van der Waals surface area contributed by atoms with Crippen molar-refractivity contribution < 1.29 is 9.59 Å². The van der Waals surface area contributed by atoms with Gasteiger partial charge in [0.15, 0.2) is 0 Å². The van der Waals surface area contributed by atoms with Crippen molar-refractivity contribution in [3.05, 3.63) is 89.7 Å². The summed E-state index contributed by atoms with van der Waals surface area (Å²) in [5.74, 6) is -1.01. The Kier molecular flexibility index (Phi) is 4.89. The van der Waals surface area contributed by atoms with Gasteiger partial charge >= 0.3 is 0 Å². The molecule has 3 aromatic rings. The van der Waals surface area contributed by atoms with E-state index in [-0.39, 0.29) is 0 Å². The number of primary amides is 1. The van der Waals surface area contributed by atoms with E-state index >= 15 is 0 Å². The number of rotatable bonds is 6. The largest absolute Gasteiger partial charge is 0.368 e. The van der Waals surface area contributed by atoms with Gasteiger partial charge in [-0.25, -0.2) is 0 Å². The first kappa shape index (κ1) is 16.4. The van der Waals surface area contributed by atoms with Crippen LogP contribution in [0.4, 0.5) is 0 Å². The van der Waals surface area contributed by atoms with E-state index in [1.165, 1.54) is 6.20 Å². The molecule has 3 N–H and O–H groups in total. The summed E-state index contributed by atoms with van der Waals surface area (Å²) in [6, 6.07) is 17.8. The first-order valence-corrected chi connectivity index (χ1v) is 7.85. The lowest BCUT2D eigenvalue weighted by molar-refractivity contribution is -0.120. The number of nitrogens with one attached hydrogen (secondary N) is 1. The van der Waals surface area contributed by atoms with Crippen molar-refractivity contribution in [2.75, 3.05) is 0 Å². The number of benzene rings is 2. The summed E-state index contributed by atoms with van der Waals surface area (Å²) in [5, 5.41) is 6.86. The van der Waals surface area contributed by atoms with Gasteiger partial charge in [0, 0.05) is 6.20 Å². The van der Waals surface area contributed by atoms with E-state index in [0.29, 0.717) is 17.7 Å². The molecule has 0 aliphatic rings. The van der Waals surface area contributed by atoms with E-state index in [0.717, 1.165) is 5.56 Å². The van der Waals surface area contributed by atoms with Crippen molar-refractivity contribution in [1.29, 1.82) is 0 Å². The maximum Gasteiger partial charge on any atom is 0.255 e. The Balaban J connectivity index is 1.71. The molecule has 0 bridgehead atoms. The highest BCUT2D eigenvalue weighted by atomic mass is 16.2. The van der Waals surface area contributed by atoms with Crippen LogP contribution in [0.25, 0.3) is 0 Å². The van der Waals surface area contributed by atoms with E-state index in [1.807, 2.05) is 36.4 Å². The summed E-state index contributed by atoms with van der Waals surface area (Å²) in [4.78, 5) is 24.1. The molecule has 0 aliphatic heterocycles.